The molecule has 0 unspecified atom stereocenters. The van der Waals surface area contributed by atoms with Gasteiger partial charge in [-0.2, -0.15) is 0 Å². The maximum absolute atomic E-state index is 5.95. The third-order valence-electron chi connectivity index (χ3n) is 2.40. The Morgan fingerprint density at radius 3 is 2.93 bits per heavy atom. The van der Waals surface area contributed by atoms with Crippen molar-refractivity contribution in [3.8, 4) is 0 Å². The molecule has 0 aliphatic carbocycles. The summed E-state index contributed by atoms with van der Waals surface area (Å²) in [4.78, 5) is 0. The van der Waals surface area contributed by atoms with Crippen molar-refractivity contribution in [2.24, 2.45) is 7.05 Å². The second-order valence-corrected chi connectivity index (χ2v) is 3.89. The van der Waals surface area contributed by atoms with E-state index in [1.165, 1.54) is 16.5 Å². The minimum Gasteiger partial charge on any atom is -0.350 e. The van der Waals surface area contributed by atoms with Gasteiger partial charge >= 0.3 is 0 Å². The monoisotopic (exact) mass is 208 g/mol. The van der Waals surface area contributed by atoms with E-state index < -0.39 is 0 Å². The molecule has 1 aromatic heterocycles. The molecule has 2 rings (SSSR count). The molecule has 1 heterocycles. The highest BCUT2D eigenvalue weighted by Crippen LogP contribution is 2.23. The quantitative estimate of drug-likeness (QED) is 0.803. The number of rotatable bonds is 2. The van der Waals surface area contributed by atoms with Gasteiger partial charge < -0.3 is 9.88 Å². The lowest BCUT2D eigenvalue weighted by molar-refractivity contribution is 0.815. The molecule has 74 valence electrons. The fourth-order valence-electron chi connectivity index (χ4n) is 1.77. The Balaban J connectivity index is 2.65. The molecule has 0 amide bonds. The van der Waals surface area contributed by atoms with Crippen molar-refractivity contribution >= 4 is 22.5 Å². The van der Waals surface area contributed by atoms with Crippen LogP contribution in [-0.4, -0.2) is 11.6 Å². The zero-order valence-electron chi connectivity index (χ0n) is 8.34. The van der Waals surface area contributed by atoms with Crippen molar-refractivity contribution in [1.29, 1.82) is 0 Å². The fourth-order valence-corrected chi connectivity index (χ4v) is 1.94. The van der Waals surface area contributed by atoms with Gasteiger partial charge in [-0.05, 0) is 24.7 Å². The molecule has 0 saturated heterocycles. The van der Waals surface area contributed by atoms with Crippen LogP contribution in [-0.2, 0) is 13.6 Å². The first kappa shape index (κ1) is 9.56. The Bertz CT molecular complexity index is 460. The largest absolute Gasteiger partial charge is 0.350 e. The minimum absolute atomic E-state index is 0.787. The van der Waals surface area contributed by atoms with E-state index in [1.54, 1.807) is 0 Å². The van der Waals surface area contributed by atoms with Crippen molar-refractivity contribution in [3.63, 3.8) is 0 Å². The van der Waals surface area contributed by atoms with Crippen LogP contribution in [0.1, 0.15) is 5.56 Å². The van der Waals surface area contributed by atoms with Crippen LogP contribution < -0.4 is 5.32 Å². The second kappa shape index (κ2) is 3.64. The SMILES string of the molecule is CNCc1cn(C)c2cc(Cl)ccc12. The fraction of sp³-hybridized carbons (Fsp3) is 0.273. The minimum atomic E-state index is 0.787. The van der Waals surface area contributed by atoms with Crippen molar-refractivity contribution in [2.45, 2.75) is 6.54 Å². The van der Waals surface area contributed by atoms with Crippen LogP contribution in [0.5, 0.6) is 0 Å². The highest BCUT2D eigenvalue weighted by Gasteiger charge is 2.05. The summed E-state index contributed by atoms with van der Waals surface area (Å²) in [6.07, 6.45) is 2.14. The van der Waals surface area contributed by atoms with Gasteiger partial charge in [-0.3, -0.25) is 0 Å². The maximum atomic E-state index is 5.95. The first-order valence-electron chi connectivity index (χ1n) is 4.60. The lowest BCUT2D eigenvalue weighted by Crippen LogP contribution is -2.04. The van der Waals surface area contributed by atoms with E-state index in [0.717, 1.165) is 11.6 Å². The number of fused-ring (bicyclic) bond motifs is 1. The van der Waals surface area contributed by atoms with Crippen molar-refractivity contribution < 1.29 is 0 Å². The summed E-state index contributed by atoms with van der Waals surface area (Å²) in [7, 11) is 3.99. The van der Waals surface area contributed by atoms with E-state index >= 15 is 0 Å². The molecule has 2 aromatic rings. The van der Waals surface area contributed by atoms with E-state index in [0.29, 0.717) is 0 Å². The molecule has 1 N–H and O–H groups in total. The molecule has 3 heteroatoms. The summed E-state index contributed by atoms with van der Waals surface area (Å²) in [5.41, 5.74) is 2.49. The number of nitrogens with zero attached hydrogens (tertiary/aromatic N) is 1. The molecule has 0 spiro atoms. The summed E-state index contributed by atoms with van der Waals surface area (Å²) in [5, 5.41) is 5.21. The predicted octanol–water partition coefficient (Wildman–Crippen LogP) is 2.55. The number of halogens is 1. The van der Waals surface area contributed by atoms with Crippen molar-refractivity contribution in [1.82, 2.24) is 9.88 Å². The average Bonchev–Trinajstić information content (AvgIpc) is 2.44. The number of aryl methyl sites for hydroxylation is 1. The highest BCUT2D eigenvalue weighted by molar-refractivity contribution is 6.31. The van der Waals surface area contributed by atoms with E-state index in [-0.39, 0.29) is 0 Å². The molecule has 0 fully saturated rings. The first-order valence-corrected chi connectivity index (χ1v) is 4.98. The van der Waals surface area contributed by atoms with Gasteiger partial charge in [-0.1, -0.05) is 17.7 Å². The summed E-state index contributed by atoms with van der Waals surface area (Å²) in [6.45, 7) is 0.888. The Morgan fingerprint density at radius 2 is 2.21 bits per heavy atom. The Hall–Kier alpha value is -0.990. The number of hydrogen-bond donors (Lipinski definition) is 1. The van der Waals surface area contributed by atoms with Crippen LogP contribution in [0.4, 0.5) is 0 Å². The van der Waals surface area contributed by atoms with Gasteiger partial charge in [-0.15, -0.1) is 0 Å². The zero-order valence-corrected chi connectivity index (χ0v) is 9.10. The van der Waals surface area contributed by atoms with Crippen LogP contribution in [0.15, 0.2) is 24.4 Å². The zero-order chi connectivity index (χ0) is 10.1. The van der Waals surface area contributed by atoms with Gasteiger partial charge in [0.2, 0.25) is 0 Å². The van der Waals surface area contributed by atoms with E-state index in [4.69, 9.17) is 11.6 Å². The van der Waals surface area contributed by atoms with Gasteiger partial charge in [0.1, 0.15) is 0 Å². The normalized spacial score (nSPS) is 11.1. The van der Waals surface area contributed by atoms with E-state index in [9.17, 15) is 0 Å². The van der Waals surface area contributed by atoms with Crippen LogP contribution >= 0.6 is 11.6 Å². The standard InChI is InChI=1S/C11H13ClN2/c1-13-6-8-7-14(2)11-5-9(12)3-4-10(8)11/h3-5,7,13H,6H2,1-2H3. The number of hydrogen-bond acceptors (Lipinski definition) is 1. The van der Waals surface area contributed by atoms with Gasteiger partial charge in [0.25, 0.3) is 0 Å². The Morgan fingerprint density at radius 1 is 1.43 bits per heavy atom. The molecule has 0 aliphatic heterocycles. The molecular weight excluding hydrogens is 196 g/mol. The van der Waals surface area contributed by atoms with Crippen LogP contribution in [0.3, 0.4) is 0 Å². The molecule has 0 aliphatic rings. The molecule has 0 bridgehead atoms. The highest BCUT2D eigenvalue weighted by atomic mass is 35.5. The summed E-state index contributed by atoms with van der Waals surface area (Å²) in [6, 6.07) is 6.00. The second-order valence-electron chi connectivity index (χ2n) is 3.46. The van der Waals surface area contributed by atoms with Crippen LogP contribution in [0.2, 0.25) is 5.02 Å². The number of benzene rings is 1. The van der Waals surface area contributed by atoms with Crippen molar-refractivity contribution in [2.75, 3.05) is 7.05 Å². The van der Waals surface area contributed by atoms with Crippen molar-refractivity contribution in [3.05, 3.63) is 35.0 Å². The summed E-state index contributed by atoms with van der Waals surface area (Å²) in [5.74, 6) is 0. The van der Waals surface area contributed by atoms with Crippen LogP contribution in [0, 0.1) is 0 Å². The van der Waals surface area contributed by atoms with E-state index in [2.05, 4.69) is 22.1 Å². The van der Waals surface area contributed by atoms with Crippen LogP contribution in [0.25, 0.3) is 10.9 Å². The topological polar surface area (TPSA) is 17.0 Å². The average molecular weight is 209 g/mol. The third kappa shape index (κ3) is 1.51. The smallest absolute Gasteiger partial charge is 0.0495 e. The number of aromatic nitrogens is 1. The Labute approximate surface area is 88.5 Å². The molecule has 0 saturated carbocycles. The molecule has 14 heavy (non-hydrogen) atoms. The van der Waals surface area contributed by atoms with Gasteiger partial charge in [0.05, 0.1) is 0 Å². The van der Waals surface area contributed by atoms with Gasteiger partial charge in [-0.25, -0.2) is 0 Å². The summed E-state index contributed by atoms with van der Waals surface area (Å²) < 4.78 is 2.11. The lowest BCUT2D eigenvalue weighted by atomic mass is 10.2. The number of nitrogens with one attached hydrogen (secondary N) is 1. The third-order valence-corrected chi connectivity index (χ3v) is 2.64. The first-order chi connectivity index (χ1) is 6.72. The molecule has 1 aromatic carbocycles. The predicted molar refractivity (Wildman–Crippen MR) is 60.7 cm³/mol. The molecular formula is C11H13ClN2. The summed E-state index contributed by atoms with van der Waals surface area (Å²) >= 11 is 5.95. The maximum Gasteiger partial charge on any atom is 0.0495 e. The van der Waals surface area contributed by atoms with E-state index in [1.807, 2.05) is 26.2 Å². The molecule has 0 radical (unpaired) electrons. The molecule has 2 nitrogen and oxygen atoms in total. The van der Waals surface area contributed by atoms with Gasteiger partial charge in [0, 0.05) is 35.7 Å². The molecule has 0 atom stereocenters. The lowest BCUT2D eigenvalue weighted by Gasteiger charge is -1.97. The Kier molecular flexibility index (Phi) is 2.48. The van der Waals surface area contributed by atoms with Gasteiger partial charge in [0.15, 0.2) is 0 Å².